The monoisotopic (exact) mass is 260 g/mol. The molecule has 0 rings (SSSR count). The molecule has 0 unspecified atom stereocenters. The van der Waals surface area contributed by atoms with Crippen LogP contribution in [0.1, 0.15) is 0 Å². The molecule has 0 fully saturated rings. The zero-order valence-electron chi connectivity index (χ0n) is 3.29. The van der Waals surface area contributed by atoms with Crippen LogP contribution < -0.4 is 37.2 Å². The van der Waals surface area contributed by atoms with Gasteiger partial charge in [0.2, 0.25) is 0 Å². The molecule has 0 atom stereocenters. The zero-order valence-corrected chi connectivity index (χ0v) is 8.11. The molecule has 3 N–H and O–H groups in total. The number of rotatable bonds is 0. The number of hydrogen-bond donors (Lipinski definition) is 0. The van der Waals surface area contributed by atoms with E-state index < -0.39 is 0 Å². The first-order valence-electron chi connectivity index (χ1n) is 0. The van der Waals surface area contributed by atoms with Crippen molar-refractivity contribution in [2.75, 3.05) is 0 Å². The van der Waals surface area contributed by atoms with Crippen LogP contribution in [0.2, 0.25) is 0 Å². The van der Waals surface area contributed by atoms with E-state index in [1.807, 2.05) is 0 Å². The first-order valence-corrected chi connectivity index (χ1v) is 0. The van der Waals surface area contributed by atoms with E-state index in [9.17, 15) is 0 Å². The Morgan fingerprint density at radius 3 is 0.375 bits per heavy atom. The summed E-state index contributed by atoms with van der Waals surface area (Å²) in [5.74, 6) is 0. The van der Waals surface area contributed by atoms with Gasteiger partial charge in [0.15, 0.2) is 0 Å². The second kappa shape index (κ2) is 163. The maximum Gasteiger partial charge on any atom is 3.00 e. The third kappa shape index (κ3) is 110. The van der Waals surface area contributed by atoms with Crippen molar-refractivity contribution in [1.82, 2.24) is 0 Å². The van der Waals surface area contributed by atoms with E-state index in [2.05, 4.69) is 0 Å². The van der Waals surface area contributed by atoms with Crippen LogP contribution in [0.3, 0.4) is 0 Å². The number of hydrogen-bond acceptors (Lipinski definition) is 3. The summed E-state index contributed by atoms with van der Waals surface area (Å²) in [6.07, 6.45) is 0. The van der Waals surface area contributed by atoms with E-state index in [1.54, 1.807) is 0 Å². The summed E-state index contributed by atoms with van der Waals surface area (Å²) in [4.78, 5) is 0. The molecule has 3 nitrogen and oxygen atoms in total. The average Bonchev–Trinajstić information content (AvgIpc) is 0. The van der Waals surface area contributed by atoms with Gasteiger partial charge in [0.05, 0.1) is 0 Å². The molecule has 0 amide bonds. The summed E-state index contributed by atoms with van der Waals surface area (Å²) in [7, 11) is 0. The molecular weight excluding hydrogens is 258 g/mol. The van der Waals surface area contributed by atoms with Crippen molar-refractivity contribution in [2.24, 2.45) is 0 Å². The normalized spacial score (nSPS) is 0. The van der Waals surface area contributed by atoms with Gasteiger partial charge in [-0.3, -0.25) is 0 Å². The Hall–Kier alpha value is 1.81. The molecule has 0 aliphatic heterocycles. The molecule has 0 aliphatic rings. The smallest absolute Gasteiger partial charge is 1.00 e. The van der Waals surface area contributed by atoms with Gasteiger partial charge in [-0.1, -0.05) is 0 Å². The molecule has 0 heterocycles. The van der Waals surface area contributed by atoms with E-state index in [-0.39, 0.29) is 88.4 Å². The van der Waals surface area contributed by atoms with Crippen molar-refractivity contribution >= 4 is 0 Å². The Morgan fingerprint density at radius 2 is 0.375 bits per heavy atom. The minimum absolute atomic E-state index is 0. The second-order valence-electron chi connectivity index (χ2n) is 0. The molecule has 2 radical (unpaired) electrons. The topological polar surface area (TPSA) is 90.0 Å². The molecule has 0 saturated carbocycles. The van der Waals surface area contributed by atoms with Crippen LogP contribution in [-0.4, -0.2) is 16.4 Å². The van der Waals surface area contributed by atoms with Crippen LogP contribution in [0.4, 0.5) is 0 Å². The van der Waals surface area contributed by atoms with Crippen molar-refractivity contribution in [3.8, 4) is 0 Å². The first-order chi connectivity index (χ1) is 0. The van der Waals surface area contributed by atoms with Gasteiger partial charge in [-0.15, -0.1) is 0 Å². The van der Waals surface area contributed by atoms with Crippen LogP contribution in [0, 0.1) is 0 Å². The summed E-state index contributed by atoms with van der Waals surface area (Å²) in [5, 5.41) is 0. The predicted octanol–water partition coefficient (Wildman–Crippen LogP) is -9.52. The third-order valence-electron chi connectivity index (χ3n) is 0. The minimum atomic E-state index is 0. The average molecular weight is 261 g/mol. The van der Waals surface area contributed by atoms with E-state index in [4.69, 9.17) is 0 Å². The molecule has 54 valence electrons. The maximum atomic E-state index is 0. The van der Waals surface area contributed by atoms with E-state index in [1.165, 1.54) is 0 Å². The van der Waals surface area contributed by atoms with Crippen LogP contribution in [0.15, 0.2) is 0 Å². The van der Waals surface area contributed by atoms with Gasteiger partial charge < -0.3 is 53.6 Å². The Kier molecular flexibility index (Phi) is 4730. The molecule has 0 aliphatic carbocycles. The molecule has 0 aromatic rings. The maximum absolute atomic E-state index is 0. The predicted molar refractivity (Wildman–Crippen MR) is 5.81 cm³/mol. The fourth-order valence-corrected chi connectivity index (χ4v) is 0. The van der Waals surface area contributed by atoms with Crippen LogP contribution in [0.5, 0.6) is 0 Å². The van der Waals surface area contributed by atoms with Crippen molar-refractivity contribution < 1.29 is 88.4 Å². The van der Waals surface area contributed by atoms with Gasteiger partial charge in [-0.05, 0) is 0 Å². The van der Waals surface area contributed by atoms with Gasteiger partial charge in [0.1, 0.15) is 0 Å². The Labute approximate surface area is 88.0 Å². The van der Waals surface area contributed by atoms with E-state index in [0.717, 1.165) is 0 Å². The Balaban J connectivity index is 0. The van der Waals surface area contributed by atoms with Crippen LogP contribution in [0.25, 0.3) is 0 Å². The van der Waals surface area contributed by atoms with Crippen LogP contribution >= 0.6 is 0 Å². The minimum Gasteiger partial charge on any atom is -1.00 e. The fourth-order valence-electron chi connectivity index (χ4n) is 0. The van der Waals surface area contributed by atoms with E-state index in [0.29, 0.717) is 0 Å². The second-order valence-corrected chi connectivity index (χ2v) is 0. The molecule has 0 aromatic heterocycles. The van der Waals surface area contributed by atoms with Gasteiger partial charge in [-0.2, -0.15) is 0 Å². The van der Waals surface area contributed by atoms with Crippen molar-refractivity contribution in [1.29, 1.82) is 0 Å². The number of halogens is 3. The quantitative estimate of drug-likeness (QED) is 0.434. The SMILES string of the molecule is [Cl-].[Cl-].[Cl-].[Cr+3].[Cr+3].[OH-].[OH-].[OH-]. The summed E-state index contributed by atoms with van der Waals surface area (Å²) < 4.78 is 0. The summed E-state index contributed by atoms with van der Waals surface area (Å²) in [6, 6.07) is 0. The van der Waals surface area contributed by atoms with Gasteiger partial charge in [0, 0.05) is 0 Å². The van der Waals surface area contributed by atoms with E-state index >= 15 is 0 Å². The third-order valence-corrected chi connectivity index (χ3v) is 0. The Morgan fingerprint density at radius 1 is 0.375 bits per heavy atom. The summed E-state index contributed by atoms with van der Waals surface area (Å²) in [5.41, 5.74) is 0. The first kappa shape index (κ1) is 232. The molecule has 8 heavy (non-hydrogen) atoms. The van der Waals surface area contributed by atoms with Gasteiger partial charge >= 0.3 is 34.7 Å². The standard InChI is InChI=1S/3ClH.2Cr.3H2O/h3*1H;;;3*1H2/q;;;2*+3;;;/p-6. The van der Waals surface area contributed by atoms with Gasteiger partial charge in [0.25, 0.3) is 0 Å². The summed E-state index contributed by atoms with van der Waals surface area (Å²) in [6.45, 7) is 0. The van der Waals surface area contributed by atoms with Crippen molar-refractivity contribution in [3.63, 3.8) is 0 Å². The zero-order chi connectivity index (χ0) is 0. The van der Waals surface area contributed by atoms with Crippen molar-refractivity contribution in [3.05, 3.63) is 0 Å². The molecule has 8 heteroatoms. The van der Waals surface area contributed by atoms with Crippen LogP contribution in [-0.2, 0) is 34.7 Å². The largest absolute Gasteiger partial charge is 3.00 e. The molecule has 0 aromatic carbocycles. The van der Waals surface area contributed by atoms with Crippen molar-refractivity contribution in [2.45, 2.75) is 0 Å². The molecule has 0 spiro atoms. The summed E-state index contributed by atoms with van der Waals surface area (Å²) >= 11 is 0. The molecule has 0 saturated heterocycles. The molecule has 0 bridgehead atoms. The Bertz CT molecular complexity index is 12.5. The fraction of sp³-hybridized carbons (Fsp3) is 0. The molecular formula is H3Cl3Cr2O3. The van der Waals surface area contributed by atoms with Gasteiger partial charge in [-0.25, -0.2) is 0 Å².